The minimum absolute atomic E-state index is 0.142. The van der Waals surface area contributed by atoms with E-state index in [-0.39, 0.29) is 11.0 Å². The molecule has 0 amide bonds. The lowest BCUT2D eigenvalue weighted by Gasteiger charge is -2.24. The fourth-order valence-electron chi connectivity index (χ4n) is 2.42. The van der Waals surface area contributed by atoms with Gasteiger partial charge in [-0.2, -0.15) is 0 Å². The van der Waals surface area contributed by atoms with E-state index in [0.29, 0.717) is 18.0 Å². The Morgan fingerprint density at radius 2 is 2.00 bits per heavy atom. The van der Waals surface area contributed by atoms with E-state index in [2.05, 4.69) is 4.72 Å². The highest BCUT2D eigenvalue weighted by atomic mass is 32.2. The lowest BCUT2D eigenvalue weighted by Crippen LogP contribution is -2.24. The topological polar surface area (TPSA) is 81.4 Å². The number of hydrogen-bond donors (Lipinski definition) is 2. The average Bonchev–Trinajstić information content (AvgIpc) is 2.42. The standard InChI is InChI=1S/C14H22N2O3S/c1-2-16-20(17,18)12-8-9-13(15)14(10-12)19-11-6-4-3-5-7-11/h8-11,16H,2-7,15H2,1H3. The molecule has 1 aromatic rings. The number of rotatable bonds is 5. The molecule has 1 fully saturated rings. The van der Waals surface area contributed by atoms with Gasteiger partial charge in [-0.25, -0.2) is 13.1 Å². The Bertz CT molecular complexity index is 552. The predicted octanol–water partition coefficient (Wildman–Crippen LogP) is 2.28. The minimum Gasteiger partial charge on any atom is -0.488 e. The first-order valence-electron chi connectivity index (χ1n) is 7.09. The van der Waals surface area contributed by atoms with Gasteiger partial charge in [0.15, 0.2) is 0 Å². The zero-order chi connectivity index (χ0) is 14.6. The molecule has 6 heteroatoms. The molecule has 0 spiro atoms. The molecule has 1 saturated carbocycles. The summed E-state index contributed by atoms with van der Waals surface area (Å²) in [5.74, 6) is 0.468. The number of anilines is 1. The first-order valence-corrected chi connectivity index (χ1v) is 8.57. The second kappa shape index (κ2) is 6.45. The summed E-state index contributed by atoms with van der Waals surface area (Å²) in [6, 6.07) is 4.60. The van der Waals surface area contributed by atoms with Crippen LogP contribution in [0, 0.1) is 0 Å². The first-order chi connectivity index (χ1) is 9.53. The number of ether oxygens (including phenoxy) is 1. The monoisotopic (exact) mass is 298 g/mol. The molecule has 0 radical (unpaired) electrons. The Labute approximate surface area is 120 Å². The summed E-state index contributed by atoms with van der Waals surface area (Å²) in [5, 5.41) is 0. The molecule has 1 aliphatic rings. The molecule has 1 aliphatic carbocycles. The summed E-state index contributed by atoms with van der Waals surface area (Å²) in [7, 11) is -3.48. The van der Waals surface area contributed by atoms with E-state index in [4.69, 9.17) is 10.5 Å². The number of benzene rings is 1. The van der Waals surface area contributed by atoms with Crippen LogP contribution in [0.5, 0.6) is 5.75 Å². The Morgan fingerprint density at radius 1 is 1.30 bits per heavy atom. The van der Waals surface area contributed by atoms with Gasteiger partial charge in [-0.05, 0) is 37.8 Å². The predicted molar refractivity (Wildman–Crippen MR) is 79.2 cm³/mol. The molecular weight excluding hydrogens is 276 g/mol. The fraction of sp³-hybridized carbons (Fsp3) is 0.571. The van der Waals surface area contributed by atoms with Gasteiger partial charge in [-0.1, -0.05) is 13.3 Å². The Morgan fingerprint density at radius 3 is 2.65 bits per heavy atom. The lowest BCUT2D eigenvalue weighted by molar-refractivity contribution is 0.155. The van der Waals surface area contributed by atoms with Gasteiger partial charge in [0.25, 0.3) is 0 Å². The summed E-state index contributed by atoms with van der Waals surface area (Å²) in [6.45, 7) is 2.10. The summed E-state index contributed by atoms with van der Waals surface area (Å²) >= 11 is 0. The van der Waals surface area contributed by atoms with Crippen LogP contribution >= 0.6 is 0 Å². The van der Waals surface area contributed by atoms with Gasteiger partial charge in [0, 0.05) is 12.6 Å². The normalized spacial score (nSPS) is 17.1. The maximum atomic E-state index is 12.0. The second-order valence-corrected chi connectivity index (χ2v) is 6.85. The largest absolute Gasteiger partial charge is 0.488 e. The third kappa shape index (κ3) is 3.64. The van der Waals surface area contributed by atoms with Crippen molar-refractivity contribution in [2.24, 2.45) is 0 Å². The van der Waals surface area contributed by atoms with E-state index in [0.717, 1.165) is 25.7 Å². The molecule has 0 saturated heterocycles. The molecule has 2 rings (SSSR count). The summed E-state index contributed by atoms with van der Waals surface area (Å²) in [4.78, 5) is 0.194. The van der Waals surface area contributed by atoms with E-state index in [1.165, 1.54) is 18.6 Å². The van der Waals surface area contributed by atoms with E-state index in [1.807, 2.05) is 0 Å². The van der Waals surface area contributed by atoms with Crippen molar-refractivity contribution in [2.45, 2.75) is 50.0 Å². The van der Waals surface area contributed by atoms with Crippen LogP contribution in [0.2, 0.25) is 0 Å². The molecule has 0 heterocycles. The van der Waals surface area contributed by atoms with Crippen molar-refractivity contribution in [2.75, 3.05) is 12.3 Å². The summed E-state index contributed by atoms with van der Waals surface area (Å²) < 4.78 is 32.3. The molecule has 20 heavy (non-hydrogen) atoms. The minimum atomic E-state index is -3.48. The van der Waals surface area contributed by atoms with Crippen LogP contribution in [0.3, 0.4) is 0 Å². The van der Waals surface area contributed by atoms with Crippen LogP contribution < -0.4 is 15.2 Å². The van der Waals surface area contributed by atoms with E-state index >= 15 is 0 Å². The van der Waals surface area contributed by atoms with Crippen LogP contribution in [-0.4, -0.2) is 21.1 Å². The van der Waals surface area contributed by atoms with E-state index < -0.39 is 10.0 Å². The summed E-state index contributed by atoms with van der Waals surface area (Å²) in [6.07, 6.45) is 5.69. The Balaban J connectivity index is 2.20. The maximum Gasteiger partial charge on any atom is 0.240 e. The van der Waals surface area contributed by atoms with E-state index in [9.17, 15) is 8.42 Å². The van der Waals surface area contributed by atoms with Crippen molar-refractivity contribution in [3.8, 4) is 5.75 Å². The van der Waals surface area contributed by atoms with Gasteiger partial charge in [-0.15, -0.1) is 0 Å². The Hall–Kier alpha value is -1.27. The first kappa shape index (κ1) is 15.1. The number of sulfonamides is 1. The molecule has 0 unspecified atom stereocenters. The highest BCUT2D eigenvalue weighted by molar-refractivity contribution is 7.89. The average molecular weight is 298 g/mol. The third-order valence-corrected chi connectivity index (χ3v) is 5.02. The van der Waals surface area contributed by atoms with Gasteiger partial charge in [-0.3, -0.25) is 0 Å². The zero-order valence-corrected chi connectivity index (χ0v) is 12.6. The van der Waals surface area contributed by atoms with Gasteiger partial charge in [0.1, 0.15) is 5.75 Å². The molecule has 3 N–H and O–H groups in total. The van der Waals surface area contributed by atoms with Crippen molar-refractivity contribution in [3.63, 3.8) is 0 Å². The smallest absolute Gasteiger partial charge is 0.240 e. The fourth-order valence-corrected chi connectivity index (χ4v) is 3.48. The summed E-state index contributed by atoms with van der Waals surface area (Å²) in [5.41, 5.74) is 6.36. The highest BCUT2D eigenvalue weighted by Gasteiger charge is 2.19. The van der Waals surface area contributed by atoms with Crippen LogP contribution in [0.1, 0.15) is 39.0 Å². The van der Waals surface area contributed by atoms with Crippen molar-refractivity contribution >= 4 is 15.7 Å². The van der Waals surface area contributed by atoms with Gasteiger partial charge in [0.05, 0.1) is 16.7 Å². The number of nitrogens with one attached hydrogen (secondary N) is 1. The van der Waals surface area contributed by atoms with Gasteiger partial charge >= 0.3 is 0 Å². The third-order valence-electron chi connectivity index (χ3n) is 3.48. The molecule has 0 atom stereocenters. The van der Waals surface area contributed by atoms with Crippen molar-refractivity contribution in [3.05, 3.63) is 18.2 Å². The number of nitrogen functional groups attached to an aromatic ring is 1. The van der Waals surface area contributed by atoms with Crippen LogP contribution in [0.4, 0.5) is 5.69 Å². The second-order valence-electron chi connectivity index (χ2n) is 5.08. The molecular formula is C14H22N2O3S. The van der Waals surface area contributed by atoms with Crippen LogP contribution in [-0.2, 0) is 10.0 Å². The quantitative estimate of drug-likeness (QED) is 0.817. The zero-order valence-electron chi connectivity index (χ0n) is 11.8. The number of nitrogens with two attached hydrogens (primary N) is 1. The molecule has 112 valence electrons. The SMILES string of the molecule is CCNS(=O)(=O)c1ccc(N)c(OC2CCCCC2)c1. The van der Waals surface area contributed by atoms with Crippen molar-refractivity contribution < 1.29 is 13.2 Å². The van der Waals surface area contributed by atoms with Crippen LogP contribution in [0.15, 0.2) is 23.1 Å². The molecule has 5 nitrogen and oxygen atoms in total. The highest BCUT2D eigenvalue weighted by Crippen LogP contribution is 2.29. The van der Waals surface area contributed by atoms with Gasteiger partial charge < -0.3 is 10.5 Å². The lowest BCUT2D eigenvalue weighted by atomic mass is 9.98. The molecule has 1 aromatic carbocycles. The molecule has 0 bridgehead atoms. The van der Waals surface area contributed by atoms with Crippen LogP contribution in [0.25, 0.3) is 0 Å². The molecule has 0 aromatic heterocycles. The van der Waals surface area contributed by atoms with E-state index in [1.54, 1.807) is 13.0 Å². The molecule has 0 aliphatic heterocycles. The van der Waals surface area contributed by atoms with Crippen molar-refractivity contribution in [1.29, 1.82) is 0 Å². The number of hydrogen-bond acceptors (Lipinski definition) is 4. The van der Waals surface area contributed by atoms with Crippen molar-refractivity contribution in [1.82, 2.24) is 4.72 Å². The maximum absolute atomic E-state index is 12.0. The Kier molecular flexibility index (Phi) is 4.88. The van der Waals surface area contributed by atoms with Gasteiger partial charge in [0.2, 0.25) is 10.0 Å².